The fourth-order valence-electron chi connectivity index (χ4n) is 3.57. The minimum atomic E-state index is 0.705. The Morgan fingerprint density at radius 1 is 0.586 bits per heavy atom. The Balaban J connectivity index is 1.96. The summed E-state index contributed by atoms with van der Waals surface area (Å²) in [5.41, 5.74) is 8.12. The number of nitriles is 1. The molecule has 0 radical (unpaired) electrons. The molecule has 0 saturated heterocycles. The highest BCUT2D eigenvalue weighted by Crippen LogP contribution is 2.37. The predicted octanol–water partition coefficient (Wildman–Crippen LogP) is 6.63. The third-order valence-electron chi connectivity index (χ3n) is 5.14. The Kier molecular flexibility index (Phi) is 5.14. The summed E-state index contributed by atoms with van der Waals surface area (Å²) in [6.45, 7) is 0. The summed E-state index contributed by atoms with van der Waals surface area (Å²) in [7, 11) is 4.08. The zero-order valence-corrected chi connectivity index (χ0v) is 16.6. The number of hydrogen-bond acceptors (Lipinski definition) is 2. The monoisotopic (exact) mass is 374 g/mol. The van der Waals surface area contributed by atoms with Gasteiger partial charge in [0.15, 0.2) is 0 Å². The minimum absolute atomic E-state index is 0.705. The largest absolute Gasteiger partial charge is 0.378 e. The molecule has 2 nitrogen and oxygen atoms in total. The van der Waals surface area contributed by atoms with E-state index in [1.54, 1.807) is 0 Å². The van der Waals surface area contributed by atoms with Crippen molar-refractivity contribution in [1.29, 1.82) is 5.26 Å². The van der Waals surface area contributed by atoms with Crippen LogP contribution >= 0.6 is 0 Å². The molecule has 0 amide bonds. The molecule has 4 rings (SSSR count). The Morgan fingerprint density at radius 2 is 1.07 bits per heavy atom. The van der Waals surface area contributed by atoms with E-state index >= 15 is 0 Å². The van der Waals surface area contributed by atoms with Crippen molar-refractivity contribution < 1.29 is 0 Å². The van der Waals surface area contributed by atoms with E-state index in [2.05, 4.69) is 71.6 Å². The molecule has 29 heavy (non-hydrogen) atoms. The maximum atomic E-state index is 10.0. The lowest BCUT2D eigenvalue weighted by Gasteiger charge is -2.16. The Labute approximate surface area is 172 Å². The standard InChI is InChI=1S/C27H22N2/c1-29(2)24-15-13-20(14-16-24)23-17-25(21-9-5-3-6-10-21)27(19-28)26(18-23)22-11-7-4-8-12-22/h3-18H,1-2H3. The molecule has 0 aliphatic heterocycles. The number of nitrogens with zero attached hydrogens (tertiary/aromatic N) is 2. The van der Waals surface area contributed by atoms with Gasteiger partial charge in [-0.05, 0) is 46.5 Å². The highest BCUT2D eigenvalue weighted by atomic mass is 15.1. The van der Waals surface area contributed by atoms with Crippen LogP contribution in [0.5, 0.6) is 0 Å². The van der Waals surface area contributed by atoms with Gasteiger partial charge < -0.3 is 4.90 Å². The maximum Gasteiger partial charge on any atom is 0.100 e. The highest BCUT2D eigenvalue weighted by molar-refractivity contribution is 5.87. The minimum Gasteiger partial charge on any atom is -0.378 e. The van der Waals surface area contributed by atoms with Crippen molar-refractivity contribution >= 4 is 5.69 Å². The van der Waals surface area contributed by atoms with Crippen LogP contribution in [0.25, 0.3) is 33.4 Å². The van der Waals surface area contributed by atoms with Crippen LogP contribution in [0.15, 0.2) is 97.1 Å². The van der Waals surface area contributed by atoms with E-state index in [4.69, 9.17) is 0 Å². The molecule has 4 aromatic carbocycles. The van der Waals surface area contributed by atoms with Crippen LogP contribution in [0.3, 0.4) is 0 Å². The molecule has 0 aliphatic carbocycles. The zero-order valence-electron chi connectivity index (χ0n) is 16.6. The van der Waals surface area contributed by atoms with E-state index in [-0.39, 0.29) is 0 Å². The van der Waals surface area contributed by atoms with E-state index in [0.29, 0.717) is 5.56 Å². The van der Waals surface area contributed by atoms with Gasteiger partial charge in [0, 0.05) is 30.9 Å². The molecule has 0 fully saturated rings. The second-order valence-electron chi connectivity index (χ2n) is 7.23. The van der Waals surface area contributed by atoms with E-state index in [1.165, 1.54) is 0 Å². The zero-order chi connectivity index (χ0) is 20.2. The van der Waals surface area contributed by atoms with Gasteiger partial charge in [0.1, 0.15) is 6.07 Å². The molecule has 0 saturated carbocycles. The normalized spacial score (nSPS) is 10.4. The lowest BCUT2D eigenvalue weighted by Crippen LogP contribution is -2.07. The molecule has 4 aromatic rings. The van der Waals surface area contributed by atoms with E-state index in [1.807, 2.05) is 50.5 Å². The smallest absolute Gasteiger partial charge is 0.100 e. The summed E-state index contributed by atoms with van der Waals surface area (Å²) in [6, 6.07) is 35.5. The maximum absolute atomic E-state index is 10.0. The number of anilines is 1. The van der Waals surface area contributed by atoms with E-state index in [9.17, 15) is 5.26 Å². The Hall–Kier alpha value is -3.83. The Morgan fingerprint density at radius 3 is 1.48 bits per heavy atom. The summed E-state index contributed by atoms with van der Waals surface area (Å²) >= 11 is 0. The second kappa shape index (κ2) is 8.04. The molecular formula is C27H22N2. The molecule has 0 unspecified atom stereocenters. The van der Waals surface area contributed by atoms with Crippen LogP contribution in [0.2, 0.25) is 0 Å². The fraction of sp³-hybridized carbons (Fsp3) is 0.0741. The van der Waals surface area contributed by atoms with Crippen LogP contribution in [0.1, 0.15) is 5.56 Å². The van der Waals surface area contributed by atoms with Gasteiger partial charge >= 0.3 is 0 Å². The summed E-state index contributed by atoms with van der Waals surface area (Å²) in [5, 5.41) is 10.0. The molecule has 140 valence electrons. The van der Waals surface area contributed by atoms with Crippen molar-refractivity contribution in [3.63, 3.8) is 0 Å². The van der Waals surface area contributed by atoms with Crippen LogP contribution in [0.4, 0.5) is 5.69 Å². The lowest BCUT2D eigenvalue weighted by molar-refractivity contribution is 1.13. The fourth-order valence-corrected chi connectivity index (χ4v) is 3.57. The Bertz CT molecular complexity index is 1090. The summed E-state index contributed by atoms with van der Waals surface area (Å²) < 4.78 is 0. The van der Waals surface area contributed by atoms with Gasteiger partial charge in [0.25, 0.3) is 0 Å². The van der Waals surface area contributed by atoms with E-state index < -0.39 is 0 Å². The van der Waals surface area contributed by atoms with Gasteiger partial charge in [-0.3, -0.25) is 0 Å². The molecule has 0 atom stereocenters. The van der Waals surface area contributed by atoms with Crippen molar-refractivity contribution in [3.8, 4) is 39.4 Å². The highest BCUT2D eigenvalue weighted by Gasteiger charge is 2.15. The first-order valence-corrected chi connectivity index (χ1v) is 9.64. The van der Waals surface area contributed by atoms with Crippen molar-refractivity contribution in [3.05, 3.63) is 103 Å². The molecule has 2 heteroatoms. The molecule has 0 aromatic heterocycles. The van der Waals surface area contributed by atoms with Crippen LogP contribution in [-0.4, -0.2) is 14.1 Å². The lowest BCUT2D eigenvalue weighted by atomic mass is 9.88. The van der Waals surface area contributed by atoms with Crippen LogP contribution in [-0.2, 0) is 0 Å². The summed E-state index contributed by atoms with van der Waals surface area (Å²) in [5.74, 6) is 0. The van der Waals surface area contributed by atoms with E-state index in [0.717, 1.165) is 39.1 Å². The molecule has 0 aliphatic rings. The molecule has 0 bridgehead atoms. The molecule has 0 spiro atoms. The van der Waals surface area contributed by atoms with Crippen molar-refractivity contribution in [1.82, 2.24) is 0 Å². The van der Waals surface area contributed by atoms with Crippen molar-refractivity contribution in [2.24, 2.45) is 0 Å². The first-order chi connectivity index (χ1) is 14.2. The van der Waals surface area contributed by atoms with Crippen molar-refractivity contribution in [2.45, 2.75) is 0 Å². The van der Waals surface area contributed by atoms with Gasteiger partial charge in [-0.15, -0.1) is 0 Å². The second-order valence-corrected chi connectivity index (χ2v) is 7.23. The molecular weight excluding hydrogens is 352 g/mol. The first kappa shape index (κ1) is 18.5. The van der Waals surface area contributed by atoms with Gasteiger partial charge in [0.2, 0.25) is 0 Å². The van der Waals surface area contributed by atoms with Crippen molar-refractivity contribution in [2.75, 3.05) is 19.0 Å². The number of hydrogen-bond donors (Lipinski definition) is 0. The third-order valence-corrected chi connectivity index (χ3v) is 5.14. The quantitative estimate of drug-likeness (QED) is 0.401. The third kappa shape index (κ3) is 3.77. The summed E-state index contributed by atoms with van der Waals surface area (Å²) in [6.07, 6.45) is 0. The predicted molar refractivity (Wildman–Crippen MR) is 122 cm³/mol. The van der Waals surface area contributed by atoms with Crippen LogP contribution < -0.4 is 4.90 Å². The number of benzene rings is 4. The summed E-state index contributed by atoms with van der Waals surface area (Å²) in [4.78, 5) is 2.09. The average Bonchev–Trinajstić information content (AvgIpc) is 2.79. The van der Waals surface area contributed by atoms with Gasteiger partial charge in [-0.1, -0.05) is 72.8 Å². The van der Waals surface area contributed by atoms with Gasteiger partial charge in [-0.2, -0.15) is 5.26 Å². The first-order valence-electron chi connectivity index (χ1n) is 9.64. The van der Waals surface area contributed by atoms with Gasteiger partial charge in [0.05, 0.1) is 5.56 Å². The van der Waals surface area contributed by atoms with Crippen LogP contribution in [0, 0.1) is 11.3 Å². The number of rotatable bonds is 4. The molecule has 0 N–H and O–H groups in total. The molecule has 0 heterocycles. The van der Waals surface area contributed by atoms with Gasteiger partial charge in [-0.25, -0.2) is 0 Å². The topological polar surface area (TPSA) is 27.0 Å². The SMILES string of the molecule is CN(C)c1ccc(-c2cc(-c3ccccc3)c(C#N)c(-c3ccccc3)c2)cc1. The average molecular weight is 374 g/mol.